The summed E-state index contributed by atoms with van der Waals surface area (Å²) >= 11 is 0. The maximum absolute atomic E-state index is 12.1. The molecular weight excluding hydrogens is 236 g/mol. The predicted octanol–water partition coefficient (Wildman–Crippen LogP) is 2.27. The largest absolute Gasteiger partial charge is 0.310 e. The highest BCUT2D eigenvalue weighted by Crippen LogP contribution is 2.28. The Bertz CT molecular complexity index is 505. The van der Waals surface area contributed by atoms with Gasteiger partial charge in [-0.2, -0.15) is 0 Å². The summed E-state index contributed by atoms with van der Waals surface area (Å²) in [5, 5.41) is 3.45. The number of carbonyl (C=O) groups is 1. The second-order valence-corrected chi connectivity index (χ2v) is 5.51. The van der Waals surface area contributed by atoms with Crippen LogP contribution in [0.3, 0.4) is 0 Å². The van der Waals surface area contributed by atoms with Crippen molar-refractivity contribution >= 4 is 11.6 Å². The molecule has 1 aliphatic carbocycles. The van der Waals surface area contributed by atoms with Gasteiger partial charge in [0, 0.05) is 31.2 Å². The summed E-state index contributed by atoms with van der Waals surface area (Å²) in [6.45, 7) is 5.55. The van der Waals surface area contributed by atoms with E-state index in [-0.39, 0.29) is 5.91 Å². The maximum atomic E-state index is 12.1. The van der Waals surface area contributed by atoms with E-state index in [4.69, 9.17) is 0 Å². The summed E-state index contributed by atoms with van der Waals surface area (Å²) in [6, 6.07) is 8.86. The minimum atomic E-state index is 0.214. The lowest BCUT2D eigenvalue weighted by atomic mass is 10.0. The molecule has 1 fully saturated rings. The van der Waals surface area contributed by atoms with Gasteiger partial charge in [-0.1, -0.05) is 24.8 Å². The van der Waals surface area contributed by atoms with Gasteiger partial charge in [0.25, 0.3) is 0 Å². The van der Waals surface area contributed by atoms with Crippen LogP contribution in [-0.2, 0) is 11.2 Å². The first-order valence-electron chi connectivity index (χ1n) is 7.02. The topological polar surface area (TPSA) is 32.3 Å². The van der Waals surface area contributed by atoms with Crippen molar-refractivity contribution in [2.75, 3.05) is 18.0 Å². The zero-order chi connectivity index (χ0) is 13.2. The number of fused-ring (bicyclic) bond motifs is 1. The van der Waals surface area contributed by atoms with E-state index >= 15 is 0 Å². The van der Waals surface area contributed by atoms with Crippen LogP contribution in [0.1, 0.15) is 24.8 Å². The Kier molecular flexibility index (Phi) is 3.38. The second-order valence-electron chi connectivity index (χ2n) is 5.51. The van der Waals surface area contributed by atoms with E-state index in [0.717, 1.165) is 24.2 Å². The Balaban J connectivity index is 1.68. The molecule has 1 aromatic rings. The van der Waals surface area contributed by atoms with Crippen molar-refractivity contribution in [1.82, 2.24) is 5.32 Å². The number of hydrogen-bond donors (Lipinski definition) is 1. The Hall–Kier alpha value is -1.61. The van der Waals surface area contributed by atoms with Crippen molar-refractivity contribution < 1.29 is 4.79 Å². The molecular formula is C16H20N2O. The molecule has 1 amide bonds. The van der Waals surface area contributed by atoms with Gasteiger partial charge in [-0.25, -0.2) is 0 Å². The van der Waals surface area contributed by atoms with Crippen molar-refractivity contribution in [3.63, 3.8) is 0 Å². The standard InChI is InChI=1S/C16H20N2O/c1-12(10-17-14-7-8-14)11-18-15-5-3-2-4-13(15)6-9-16(18)19/h2-5,14,17H,1,6-11H2. The van der Waals surface area contributed by atoms with Gasteiger partial charge in [-0.3, -0.25) is 4.79 Å². The summed E-state index contributed by atoms with van der Waals surface area (Å²) in [5.41, 5.74) is 3.41. The number of benzene rings is 1. The quantitative estimate of drug-likeness (QED) is 0.820. The van der Waals surface area contributed by atoms with E-state index in [2.05, 4.69) is 18.0 Å². The average molecular weight is 256 g/mol. The summed E-state index contributed by atoms with van der Waals surface area (Å²) in [6.07, 6.45) is 4.02. The Morgan fingerprint density at radius 3 is 2.89 bits per heavy atom. The van der Waals surface area contributed by atoms with Gasteiger partial charge < -0.3 is 10.2 Å². The number of aryl methyl sites for hydroxylation is 1. The number of nitrogens with one attached hydrogen (secondary N) is 1. The Morgan fingerprint density at radius 2 is 2.11 bits per heavy atom. The van der Waals surface area contributed by atoms with Gasteiger partial charge >= 0.3 is 0 Å². The van der Waals surface area contributed by atoms with Crippen LogP contribution in [0.4, 0.5) is 5.69 Å². The van der Waals surface area contributed by atoms with Crippen molar-refractivity contribution in [2.45, 2.75) is 31.7 Å². The van der Waals surface area contributed by atoms with Crippen molar-refractivity contribution in [3.05, 3.63) is 42.0 Å². The highest BCUT2D eigenvalue weighted by molar-refractivity contribution is 5.96. The highest BCUT2D eigenvalue weighted by atomic mass is 16.2. The molecule has 0 atom stereocenters. The first-order chi connectivity index (χ1) is 9.24. The number of amides is 1. The fraction of sp³-hybridized carbons (Fsp3) is 0.438. The summed E-state index contributed by atoms with van der Waals surface area (Å²) in [4.78, 5) is 14.0. The highest BCUT2D eigenvalue weighted by Gasteiger charge is 2.25. The molecule has 3 heteroatoms. The maximum Gasteiger partial charge on any atom is 0.227 e. The number of anilines is 1. The number of nitrogens with zero attached hydrogens (tertiary/aromatic N) is 1. The van der Waals surface area contributed by atoms with Crippen molar-refractivity contribution in [1.29, 1.82) is 0 Å². The van der Waals surface area contributed by atoms with Crippen LogP contribution in [0.25, 0.3) is 0 Å². The second kappa shape index (κ2) is 5.17. The van der Waals surface area contributed by atoms with Crippen molar-refractivity contribution in [3.8, 4) is 0 Å². The molecule has 3 rings (SSSR count). The molecule has 0 radical (unpaired) electrons. The molecule has 19 heavy (non-hydrogen) atoms. The van der Waals surface area contributed by atoms with Crippen LogP contribution in [0.5, 0.6) is 0 Å². The summed E-state index contributed by atoms with van der Waals surface area (Å²) in [7, 11) is 0. The SMILES string of the molecule is C=C(CNC1CC1)CN1C(=O)CCc2ccccc21. The third-order valence-corrected chi connectivity index (χ3v) is 3.79. The molecule has 1 aliphatic heterocycles. The Labute approximate surface area is 114 Å². The molecule has 0 aromatic heterocycles. The lowest BCUT2D eigenvalue weighted by Gasteiger charge is -2.30. The van der Waals surface area contributed by atoms with E-state index in [1.807, 2.05) is 23.1 Å². The molecule has 1 heterocycles. The molecule has 0 unspecified atom stereocenters. The van der Waals surface area contributed by atoms with Crippen LogP contribution in [-0.4, -0.2) is 25.0 Å². The summed E-state index contributed by atoms with van der Waals surface area (Å²) < 4.78 is 0. The van der Waals surface area contributed by atoms with E-state index in [1.54, 1.807) is 0 Å². The normalized spacial score (nSPS) is 18.3. The average Bonchev–Trinajstić information content (AvgIpc) is 3.24. The lowest BCUT2D eigenvalue weighted by Crippen LogP contribution is -2.38. The third kappa shape index (κ3) is 2.87. The monoisotopic (exact) mass is 256 g/mol. The smallest absolute Gasteiger partial charge is 0.227 e. The van der Waals surface area contributed by atoms with Crippen molar-refractivity contribution in [2.24, 2.45) is 0 Å². The number of para-hydroxylation sites is 1. The van der Waals surface area contributed by atoms with Crippen LogP contribution in [0, 0.1) is 0 Å². The van der Waals surface area contributed by atoms with Gasteiger partial charge in [0.15, 0.2) is 0 Å². The molecule has 100 valence electrons. The minimum Gasteiger partial charge on any atom is -0.310 e. The molecule has 1 saturated carbocycles. The number of rotatable bonds is 5. The number of carbonyl (C=O) groups excluding carboxylic acids is 1. The van der Waals surface area contributed by atoms with Crippen LogP contribution in [0.15, 0.2) is 36.4 Å². The van der Waals surface area contributed by atoms with E-state index in [1.165, 1.54) is 18.4 Å². The minimum absolute atomic E-state index is 0.214. The first kappa shape index (κ1) is 12.4. The lowest BCUT2D eigenvalue weighted by molar-refractivity contribution is -0.118. The van der Waals surface area contributed by atoms with Gasteiger partial charge in [-0.05, 0) is 36.5 Å². The fourth-order valence-corrected chi connectivity index (χ4v) is 2.53. The zero-order valence-corrected chi connectivity index (χ0v) is 11.2. The van der Waals surface area contributed by atoms with Gasteiger partial charge in [0.05, 0.1) is 0 Å². The summed E-state index contributed by atoms with van der Waals surface area (Å²) in [5.74, 6) is 0.214. The molecule has 1 N–H and O–H groups in total. The molecule has 0 spiro atoms. The van der Waals surface area contributed by atoms with Crippen LogP contribution in [0.2, 0.25) is 0 Å². The van der Waals surface area contributed by atoms with E-state index in [0.29, 0.717) is 19.0 Å². The zero-order valence-electron chi connectivity index (χ0n) is 11.2. The first-order valence-corrected chi connectivity index (χ1v) is 7.02. The third-order valence-electron chi connectivity index (χ3n) is 3.79. The Morgan fingerprint density at radius 1 is 1.32 bits per heavy atom. The molecule has 2 aliphatic rings. The predicted molar refractivity (Wildman–Crippen MR) is 77.3 cm³/mol. The van der Waals surface area contributed by atoms with E-state index in [9.17, 15) is 4.79 Å². The molecule has 3 nitrogen and oxygen atoms in total. The van der Waals surface area contributed by atoms with E-state index < -0.39 is 0 Å². The molecule has 0 saturated heterocycles. The van der Waals surface area contributed by atoms with Gasteiger partial charge in [0.2, 0.25) is 5.91 Å². The molecule has 0 bridgehead atoms. The number of hydrogen-bond acceptors (Lipinski definition) is 2. The van der Waals surface area contributed by atoms with Crippen LogP contribution >= 0.6 is 0 Å². The van der Waals surface area contributed by atoms with Gasteiger partial charge in [-0.15, -0.1) is 0 Å². The van der Waals surface area contributed by atoms with Gasteiger partial charge in [0.1, 0.15) is 0 Å². The molecule has 1 aromatic carbocycles. The van der Waals surface area contributed by atoms with Crippen LogP contribution < -0.4 is 10.2 Å². The fourth-order valence-electron chi connectivity index (χ4n) is 2.53.